The van der Waals surface area contributed by atoms with Crippen LogP contribution < -0.4 is 5.08 Å². The Morgan fingerprint density at radius 3 is 2.86 bits per heavy atom. The zero-order chi connectivity index (χ0) is 18.5. The highest BCUT2D eigenvalue weighted by Crippen LogP contribution is 2.47. The van der Waals surface area contributed by atoms with Gasteiger partial charge in [-0.3, -0.25) is 4.57 Å². The van der Waals surface area contributed by atoms with E-state index in [1.54, 1.807) is 0 Å². The third kappa shape index (κ3) is 3.37. The lowest BCUT2D eigenvalue weighted by Crippen LogP contribution is -2.35. The zero-order valence-electron chi connectivity index (χ0n) is 16.0. The van der Waals surface area contributed by atoms with Crippen molar-refractivity contribution in [1.29, 1.82) is 0 Å². The fourth-order valence-corrected chi connectivity index (χ4v) is 2.51. The van der Waals surface area contributed by atoms with E-state index in [-0.39, 0.29) is 5.08 Å². The molecule has 0 aromatic rings. The number of halogens is 2. The van der Waals surface area contributed by atoms with Gasteiger partial charge in [0.1, 0.15) is 1.41 Å². The Labute approximate surface area is 107 Å². The summed E-state index contributed by atoms with van der Waals surface area (Å²) in [5, 5.41) is -0.118. The van der Waals surface area contributed by atoms with Gasteiger partial charge in [0.05, 0.1) is 9.30 Å². The molecule has 0 radical (unpaired) electrons. The Morgan fingerprint density at radius 2 is 2.29 bits per heavy atom. The minimum Gasteiger partial charge on any atom is -0.306 e. The summed E-state index contributed by atoms with van der Waals surface area (Å²) in [4.78, 5) is 0. The molecule has 0 aromatic heterocycles. The first-order valence-corrected chi connectivity index (χ1v) is 5.90. The van der Waals surface area contributed by atoms with Crippen LogP contribution in [-0.2, 0) is 9.09 Å². The first-order chi connectivity index (χ1) is 9.88. The van der Waals surface area contributed by atoms with Crippen molar-refractivity contribution in [2.24, 2.45) is 0 Å². The van der Waals surface area contributed by atoms with Crippen LogP contribution in [0.1, 0.15) is 17.4 Å². The molecule has 1 aliphatic heterocycles. The van der Waals surface area contributed by atoms with Gasteiger partial charge in [0.15, 0.2) is 0 Å². The van der Waals surface area contributed by atoms with E-state index in [2.05, 4.69) is 0 Å². The monoisotopic (exact) mass is 269 g/mol. The molecule has 7 heteroatoms. The predicted octanol–water partition coefficient (Wildman–Crippen LogP) is 1.88. The lowest BCUT2D eigenvalue weighted by atomic mass is 10.5. The summed E-state index contributed by atoms with van der Waals surface area (Å²) >= 11 is 10.8. The summed E-state index contributed by atoms with van der Waals surface area (Å²) in [6, 6.07) is 0. The molecule has 1 aliphatic rings. The maximum Gasteiger partial charge on any atom is 0.343 e. The van der Waals surface area contributed by atoms with Crippen molar-refractivity contribution < 1.29 is 21.5 Å². The van der Waals surface area contributed by atoms with Gasteiger partial charge in [-0.25, -0.2) is 9.75 Å². The number of rotatable bonds is 5. The number of nitrogens with one attached hydrogen (secondary N) is 1. The lowest BCUT2D eigenvalue weighted by molar-refractivity contribution is 0.233. The van der Waals surface area contributed by atoms with E-state index >= 15 is 0 Å². The van der Waals surface area contributed by atoms with E-state index in [4.69, 9.17) is 40.1 Å². The standard InChI is InChI=1S/C7H15Cl2N2O2P/c8-2-5-11(6-3-9)14(12)10-4-1-7-13-14/h1-7H2,(H,10,12)/i2D2,3D2,4D2,7D2/hD. The number of hydrogen-bond donors (Lipinski definition) is 1. The molecule has 0 bridgehead atoms. The van der Waals surface area contributed by atoms with Gasteiger partial charge < -0.3 is 4.52 Å². The number of hydrogen-bond acceptors (Lipinski definition) is 2. The average Bonchev–Trinajstić information content (AvgIpc) is 2.18. The number of alkyl halides is 2. The summed E-state index contributed by atoms with van der Waals surface area (Å²) in [6.07, 6.45) is -0.914. The average molecular weight is 270 g/mol. The maximum absolute atomic E-state index is 13.0. The Balaban J connectivity index is 3.32. The van der Waals surface area contributed by atoms with E-state index in [9.17, 15) is 4.57 Å². The summed E-state index contributed by atoms with van der Waals surface area (Å²) in [5.74, 6) is -5.05. The van der Waals surface area contributed by atoms with Crippen LogP contribution in [0.3, 0.4) is 0 Å². The molecule has 1 N–H and O–H groups in total. The molecule has 0 aromatic carbocycles. The van der Waals surface area contributed by atoms with Crippen molar-refractivity contribution in [1.82, 2.24) is 9.75 Å². The number of nitrogens with zero attached hydrogens (tertiary/aromatic N) is 1. The van der Waals surface area contributed by atoms with Gasteiger partial charge in [0.25, 0.3) is 0 Å². The smallest absolute Gasteiger partial charge is 0.306 e. The Hall–Kier alpha value is 0.690. The highest BCUT2D eigenvalue weighted by Gasteiger charge is 2.32. The molecule has 14 heavy (non-hydrogen) atoms. The summed E-state index contributed by atoms with van der Waals surface area (Å²) < 4.78 is 85.4. The van der Waals surface area contributed by atoms with Gasteiger partial charge in [-0.15, -0.1) is 23.2 Å². The molecule has 4 nitrogen and oxygen atoms in total. The van der Waals surface area contributed by atoms with Crippen LogP contribution in [-0.4, -0.2) is 42.5 Å². The van der Waals surface area contributed by atoms with Crippen molar-refractivity contribution in [3.8, 4) is 0 Å². The molecule has 0 amide bonds. The summed E-state index contributed by atoms with van der Waals surface area (Å²) in [6.45, 7) is -7.28. The molecule has 0 aliphatic carbocycles. The van der Waals surface area contributed by atoms with E-state index in [1.807, 2.05) is 0 Å². The second-order valence-electron chi connectivity index (χ2n) is 2.25. The zero-order valence-corrected chi connectivity index (χ0v) is 9.44. The Kier molecular flexibility index (Phi) is 2.21. The third-order valence-corrected chi connectivity index (χ3v) is 3.37. The second-order valence-corrected chi connectivity index (χ2v) is 4.71. The van der Waals surface area contributed by atoms with Crippen LogP contribution in [0.25, 0.3) is 0 Å². The molecule has 1 fully saturated rings. The topological polar surface area (TPSA) is 41.6 Å². The SMILES string of the molecule is [2H]N1C([2H])([2H])CC([2H])([2H])OP1(=O)N(CC([2H])([2H])Cl)CC([2H])([2H])Cl. The molecule has 0 saturated carbocycles. The molecule has 84 valence electrons. The fraction of sp³-hybridized carbons (Fsp3) is 1.00. The van der Waals surface area contributed by atoms with E-state index in [0.717, 1.165) is 0 Å². The van der Waals surface area contributed by atoms with Crippen molar-refractivity contribution in [2.45, 2.75) is 6.42 Å². The van der Waals surface area contributed by atoms with Crippen molar-refractivity contribution in [3.05, 3.63) is 0 Å². The first kappa shape index (κ1) is 4.91. The lowest BCUT2D eigenvalue weighted by Gasteiger charge is -2.33. The van der Waals surface area contributed by atoms with Gasteiger partial charge >= 0.3 is 7.67 Å². The molecule has 0 spiro atoms. The normalized spacial score (nSPS) is 48.4. The third-order valence-electron chi connectivity index (χ3n) is 1.37. The van der Waals surface area contributed by atoms with Crippen LogP contribution in [0.4, 0.5) is 0 Å². The van der Waals surface area contributed by atoms with Crippen LogP contribution in [0.5, 0.6) is 0 Å². The highest BCUT2D eigenvalue weighted by molar-refractivity contribution is 7.54. The molecular weight excluding hydrogens is 246 g/mol. The second kappa shape index (κ2) is 6.31. The Bertz CT molecular complexity index is 481. The summed E-state index contributed by atoms with van der Waals surface area (Å²) in [5.41, 5.74) is 0. The minimum atomic E-state index is -4.82. The van der Waals surface area contributed by atoms with Gasteiger partial charge in [0, 0.05) is 39.5 Å². The molecule has 1 saturated heterocycles. The van der Waals surface area contributed by atoms with Gasteiger partial charge in [0.2, 0.25) is 0 Å². The minimum absolute atomic E-state index is 0.118. The van der Waals surface area contributed by atoms with Crippen LogP contribution in [0, 0.1) is 0 Å². The van der Waals surface area contributed by atoms with E-state index in [0.29, 0.717) is 4.67 Å². The van der Waals surface area contributed by atoms with Gasteiger partial charge in [-0.05, 0) is 6.42 Å². The van der Waals surface area contributed by atoms with E-state index < -0.39 is 51.9 Å². The van der Waals surface area contributed by atoms with Crippen LogP contribution in [0.15, 0.2) is 0 Å². The quantitative estimate of drug-likeness (QED) is 0.612. The Morgan fingerprint density at radius 1 is 1.64 bits per heavy atom. The molecule has 1 atom stereocenters. The largest absolute Gasteiger partial charge is 0.343 e. The first-order valence-electron chi connectivity index (χ1n) is 8.06. The van der Waals surface area contributed by atoms with Gasteiger partial charge in [-0.1, -0.05) is 0 Å². The molecule has 1 unspecified atom stereocenters. The van der Waals surface area contributed by atoms with Gasteiger partial charge in [-0.2, -0.15) is 0 Å². The van der Waals surface area contributed by atoms with Crippen molar-refractivity contribution in [3.63, 3.8) is 0 Å². The maximum atomic E-state index is 13.0. The van der Waals surface area contributed by atoms with E-state index in [1.165, 1.54) is 0 Å². The van der Waals surface area contributed by atoms with Crippen LogP contribution >= 0.6 is 30.9 Å². The van der Waals surface area contributed by atoms with Crippen molar-refractivity contribution in [2.75, 3.05) is 37.8 Å². The molecular formula is C7H15Cl2N2O2P. The molecule has 1 rings (SSSR count). The highest BCUT2D eigenvalue weighted by atomic mass is 35.5. The summed E-state index contributed by atoms with van der Waals surface area (Å²) in [7, 11) is -4.82. The van der Waals surface area contributed by atoms with Crippen molar-refractivity contribution >= 4 is 30.9 Å². The van der Waals surface area contributed by atoms with Crippen LogP contribution in [0.2, 0.25) is 1.41 Å². The fourth-order valence-electron chi connectivity index (χ4n) is 0.787. The molecule has 1 heterocycles. The predicted molar refractivity (Wildman–Crippen MR) is 59.2 cm³/mol.